The summed E-state index contributed by atoms with van der Waals surface area (Å²) in [5, 5.41) is 14.6. The fourth-order valence-corrected chi connectivity index (χ4v) is 3.41. The number of ether oxygens (including phenoxy) is 1. The molecule has 1 aliphatic heterocycles. The molecule has 10 heteroatoms. The van der Waals surface area contributed by atoms with Crippen molar-refractivity contribution >= 4 is 5.69 Å². The highest BCUT2D eigenvalue weighted by Crippen LogP contribution is 2.45. The molecule has 31 heavy (non-hydrogen) atoms. The summed E-state index contributed by atoms with van der Waals surface area (Å²) < 4.78 is 63.5. The second kappa shape index (κ2) is 7.59. The van der Waals surface area contributed by atoms with E-state index in [1.165, 1.54) is 30.0 Å². The second-order valence-corrected chi connectivity index (χ2v) is 7.50. The van der Waals surface area contributed by atoms with E-state index in [9.17, 15) is 27.5 Å². The van der Waals surface area contributed by atoms with E-state index in [1.807, 2.05) is 5.32 Å². The Labute approximate surface area is 174 Å². The predicted octanol–water partition coefficient (Wildman–Crippen LogP) is 2.51. The third kappa shape index (κ3) is 3.98. The van der Waals surface area contributed by atoms with E-state index < -0.39 is 35.0 Å². The van der Waals surface area contributed by atoms with Gasteiger partial charge in [-0.2, -0.15) is 13.2 Å². The van der Waals surface area contributed by atoms with E-state index in [-0.39, 0.29) is 23.7 Å². The quantitative estimate of drug-likeness (QED) is 0.508. The Bertz CT molecular complexity index is 1130. The Balaban J connectivity index is 1.79. The number of aromatic nitrogens is 1. The molecule has 2 atom stereocenters. The molecule has 2 heterocycles. The highest BCUT2D eigenvalue weighted by Gasteiger charge is 2.59. The fraction of sp³-hybridized carbons (Fsp3) is 0.381. The van der Waals surface area contributed by atoms with E-state index in [2.05, 4.69) is 17.2 Å². The Hall–Kier alpha value is -3.03. The lowest BCUT2D eigenvalue weighted by atomic mass is 9.85. The van der Waals surface area contributed by atoms with Gasteiger partial charge in [-0.1, -0.05) is 11.8 Å². The van der Waals surface area contributed by atoms with Gasteiger partial charge in [-0.05, 0) is 31.0 Å². The Morgan fingerprint density at radius 3 is 2.68 bits per heavy atom. The molecule has 1 aliphatic carbocycles. The lowest BCUT2D eigenvalue weighted by Gasteiger charge is -2.40. The summed E-state index contributed by atoms with van der Waals surface area (Å²) in [7, 11) is 1.40. The minimum absolute atomic E-state index is 0.0288. The Kier molecular flexibility index (Phi) is 5.19. The van der Waals surface area contributed by atoms with Crippen molar-refractivity contribution < 1.29 is 27.4 Å². The molecule has 0 saturated heterocycles. The van der Waals surface area contributed by atoms with Crippen LogP contribution in [0.25, 0.3) is 0 Å². The second-order valence-electron chi connectivity index (χ2n) is 7.50. The molecule has 0 bridgehead atoms. The number of aliphatic hydroxyl groups is 1. The Morgan fingerprint density at radius 1 is 1.32 bits per heavy atom. The zero-order valence-corrected chi connectivity index (χ0v) is 16.4. The number of pyridine rings is 1. The number of rotatable bonds is 3. The summed E-state index contributed by atoms with van der Waals surface area (Å²) in [6.07, 6.45) is -3.88. The summed E-state index contributed by atoms with van der Waals surface area (Å²) in [6.45, 7) is -0.222. The molecule has 0 radical (unpaired) electrons. The number of anilines is 1. The number of halogens is 4. The van der Waals surface area contributed by atoms with Crippen molar-refractivity contribution in [2.75, 3.05) is 12.4 Å². The van der Waals surface area contributed by atoms with Crippen molar-refractivity contribution in [3.05, 3.63) is 57.8 Å². The molecule has 2 aliphatic rings. The predicted molar refractivity (Wildman–Crippen MR) is 104 cm³/mol. The number of methoxy groups -OCH3 is 1. The smallest absolute Gasteiger partial charge is 0.422 e. The number of alkyl halides is 3. The van der Waals surface area contributed by atoms with Gasteiger partial charge in [-0.25, -0.2) is 9.71 Å². The van der Waals surface area contributed by atoms with E-state index >= 15 is 0 Å². The minimum atomic E-state index is -4.92. The number of hydrogen-bond acceptors (Lipinski definition) is 5. The molecular formula is C21H19F4N3O3. The molecule has 2 aromatic rings. The first-order valence-corrected chi connectivity index (χ1v) is 9.52. The molecule has 0 amide bonds. The van der Waals surface area contributed by atoms with Gasteiger partial charge in [0.1, 0.15) is 11.6 Å². The summed E-state index contributed by atoms with van der Waals surface area (Å²) >= 11 is 0. The van der Waals surface area contributed by atoms with Gasteiger partial charge in [0.25, 0.3) is 5.56 Å². The van der Waals surface area contributed by atoms with Crippen molar-refractivity contribution in [1.82, 2.24) is 9.88 Å². The normalized spacial score (nSPS) is 22.7. The van der Waals surface area contributed by atoms with Gasteiger partial charge in [-0.15, -0.1) is 0 Å². The molecule has 1 saturated carbocycles. The number of hydrogen-bond donors (Lipinski definition) is 3. The van der Waals surface area contributed by atoms with Crippen LogP contribution < -0.4 is 20.9 Å². The Morgan fingerprint density at radius 2 is 2.06 bits per heavy atom. The van der Waals surface area contributed by atoms with E-state index in [1.54, 1.807) is 0 Å². The highest BCUT2D eigenvalue weighted by molar-refractivity contribution is 5.62. The van der Waals surface area contributed by atoms with Gasteiger partial charge in [-0.3, -0.25) is 4.79 Å². The zero-order valence-electron chi connectivity index (χ0n) is 16.4. The molecule has 164 valence electrons. The number of fused-ring (bicyclic) bond motifs is 1. The highest BCUT2D eigenvalue weighted by atomic mass is 19.4. The average molecular weight is 437 g/mol. The summed E-state index contributed by atoms with van der Waals surface area (Å²) in [5.74, 6) is 4.06. The topological polar surface area (TPSA) is 75.5 Å². The van der Waals surface area contributed by atoms with Crippen molar-refractivity contribution in [3.8, 4) is 17.6 Å². The van der Waals surface area contributed by atoms with Crippen LogP contribution in [0.2, 0.25) is 0 Å². The van der Waals surface area contributed by atoms with E-state index in [0.717, 1.165) is 12.1 Å². The number of nitrogens with zero attached hydrogens (tertiary/aromatic N) is 1. The molecular weight excluding hydrogens is 418 g/mol. The van der Waals surface area contributed by atoms with Gasteiger partial charge in [0, 0.05) is 35.0 Å². The first-order chi connectivity index (χ1) is 14.6. The molecule has 6 nitrogen and oxygen atoms in total. The first-order valence-electron chi connectivity index (χ1n) is 9.52. The van der Waals surface area contributed by atoms with E-state index in [0.29, 0.717) is 18.6 Å². The van der Waals surface area contributed by atoms with Crippen LogP contribution >= 0.6 is 0 Å². The van der Waals surface area contributed by atoms with Gasteiger partial charge >= 0.3 is 6.18 Å². The number of nitrogens with one attached hydrogen (secondary N) is 2. The third-order valence-electron chi connectivity index (χ3n) is 5.25. The van der Waals surface area contributed by atoms with E-state index in [4.69, 9.17) is 4.74 Å². The molecule has 0 spiro atoms. The van der Waals surface area contributed by atoms with Gasteiger partial charge in [0.2, 0.25) is 5.54 Å². The van der Waals surface area contributed by atoms with Crippen molar-refractivity contribution in [1.29, 1.82) is 0 Å². The maximum Gasteiger partial charge on any atom is 0.422 e. The van der Waals surface area contributed by atoms with Crippen LogP contribution in [0.5, 0.6) is 5.75 Å². The zero-order chi connectivity index (χ0) is 22.4. The summed E-state index contributed by atoms with van der Waals surface area (Å²) in [5.41, 5.74) is -4.01. The summed E-state index contributed by atoms with van der Waals surface area (Å²) in [4.78, 5) is 12.2. The van der Waals surface area contributed by atoms with Gasteiger partial charge < -0.3 is 19.7 Å². The fourth-order valence-electron chi connectivity index (χ4n) is 3.41. The third-order valence-corrected chi connectivity index (χ3v) is 5.25. The molecule has 1 aromatic carbocycles. The number of aliphatic hydroxyl groups excluding tert-OH is 1. The molecule has 1 aromatic heterocycles. The largest absolute Gasteiger partial charge is 0.497 e. The van der Waals surface area contributed by atoms with Crippen LogP contribution in [0.4, 0.5) is 23.2 Å². The van der Waals surface area contributed by atoms with Crippen molar-refractivity contribution in [3.63, 3.8) is 0 Å². The first kappa shape index (κ1) is 21.2. The average Bonchev–Trinajstić information content (AvgIpc) is 3.52. The number of benzene rings is 1. The minimum Gasteiger partial charge on any atom is -0.497 e. The van der Waals surface area contributed by atoms with Crippen LogP contribution in [-0.2, 0) is 12.1 Å². The van der Waals surface area contributed by atoms with Gasteiger partial charge in [0.05, 0.1) is 13.7 Å². The SMILES string of the molecule is COc1ccn(Cc2cc3c(cc2F)[C@@](C#CC2CC2)(C(F)(F)F)NC(O)N3)c(=O)c1. The standard InChI is InChI=1S/C21H19F4N3O3/c1-31-14-5-7-28(18(29)9-14)11-13-8-17-15(10-16(13)22)20(21(23,24)25,27-19(30)26-17)6-4-12-2-3-12/h5,7-10,12,19,26-27,30H,2-3,11H2,1H3/t19?,20-/m0/s1. The molecule has 1 unspecified atom stereocenters. The van der Waals surface area contributed by atoms with Crippen molar-refractivity contribution in [2.45, 2.75) is 37.5 Å². The summed E-state index contributed by atoms with van der Waals surface area (Å²) in [6, 6.07) is 4.63. The van der Waals surface area contributed by atoms with Gasteiger partial charge in [0.15, 0.2) is 6.35 Å². The maximum atomic E-state index is 14.9. The lowest BCUT2D eigenvalue weighted by Crippen LogP contribution is -2.61. The van der Waals surface area contributed by atoms with Crippen LogP contribution in [-0.4, -0.2) is 29.3 Å². The molecule has 3 N–H and O–H groups in total. The maximum absolute atomic E-state index is 14.9. The monoisotopic (exact) mass is 437 g/mol. The van der Waals surface area contributed by atoms with Crippen molar-refractivity contribution in [2.24, 2.45) is 5.92 Å². The molecule has 4 rings (SSSR count). The van der Waals surface area contributed by atoms with Crippen LogP contribution in [0, 0.1) is 23.6 Å². The van der Waals surface area contributed by atoms with Crippen LogP contribution in [0.3, 0.4) is 0 Å². The lowest BCUT2D eigenvalue weighted by molar-refractivity contribution is -0.190. The van der Waals surface area contributed by atoms with Crippen LogP contribution in [0.1, 0.15) is 24.0 Å². The van der Waals surface area contributed by atoms with Crippen LogP contribution in [0.15, 0.2) is 35.3 Å². The molecule has 1 fully saturated rings.